The fraction of sp³-hybridized carbons (Fsp3) is 0.294. The van der Waals surface area contributed by atoms with Crippen molar-refractivity contribution in [3.8, 4) is 0 Å². The lowest BCUT2D eigenvalue weighted by molar-refractivity contribution is 0.153. The second-order valence-corrected chi connectivity index (χ2v) is 5.23. The SMILES string of the molecule is Cl.Fc1cccc(C2CNCCN2Cc2ccccc2)c1. The lowest BCUT2D eigenvalue weighted by Gasteiger charge is -2.36. The van der Waals surface area contributed by atoms with Crippen molar-refractivity contribution >= 4 is 12.4 Å². The molecule has 0 amide bonds. The zero-order chi connectivity index (χ0) is 13.8. The Balaban J connectivity index is 0.00000161. The Kier molecular flexibility index (Phi) is 5.74. The van der Waals surface area contributed by atoms with Gasteiger partial charge in [-0.15, -0.1) is 12.4 Å². The molecule has 2 aromatic rings. The summed E-state index contributed by atoms with van der Waals surface area (Å²) in [6, 6.07) is 17.6. The van der Waals surface area contributed by atoms with E-state index < -0.39 is 0 Å². The van der Waals surface area contributed by atoms with Crippen molar-refractivity contribution in [3.63, 3.8) is 0 Å². The highest BCUT2D eigenvalue weighted by atomic mass is 35.5. The molecule has 0 radical (unpaired) electrons. The topological polar surface area (TPSA) is 15.3 Å². The van der Waals surface area contributed by atoms with Crippen LogP contribution in [0.15, 0.2) is 54.6 Å². The van der Waals surface area contributed by atoms with Gasteiger partial charge in [-0.05, 0) is 23.3 Å². The molecule has 1 fully saturated rings. The first-order valence-electron chi connectivity index (χ1n) is 7.07. The van der Waals surface area contributed by atoms with E-state index in [0.717, 1.165) is 31.7 Å². The molecule has 0 bridgehead atoms. The molecule has 1 unspecified atom stereocenters. The molecule has 3 rings (SSSR count). The van der Waals surface area contributed by atoms with E-state index in [1.807, 2.05) is 12.1 Å². The van der Waals surface area contributed by atoms with Crippen molar-refractivity contribution in [1.82, 2.24) is 10.2 Å². The van der Waals surface area contributed by atoms with Crippen molar-refractivity contribution in [2.75, 3.05) is 19.6 Å². The van der Waals surface area contributed by atoms with Crippen molar-refractivity contribution in [2.45, 2.75) is 12.6 Å². The van der Waals surface area contributed by atoms with Crippen LogP contribution in [0, 0.1) is 5.82 Å². The summed E-state index contributed by atoms with van der Waals surface area (Å²) in [5.41, 5.74) is 2.35. The van der Waals surface area contributed by atoms with Gasteiger partial charge in [-0.3, -0.25) is 4.90 Å². The third kappa shape index (κ3) is 4.03. The highest BCUT2D eigenvalue weighted by Gasteiger charge is 2.23. The smallest absolute Gasteiger partial charge is 0.123 e. The molecule has 1 N–H and O–H groups in total. The first-order chi connectivity index (χ1) is 9.83. The number of hydrogen-bond donors (Lipinski definition) is 1. The maximum absolute atomic E-state index is 13.4. The standard InChI is InChI=1S/C17H19FN2.ClH/c18-16-8-4-7-15(11-16)17-12-19-9-10-20(17)13-14-5-2-1-3-6-14;/h1-8,11,17,19H,9-10,12-13H2;1H. The first-order valence-corrected chi connectivity index (χ1v) is 7.07. The van der Waals surface area contributed by atoms with E-state index >= 15 is 0 Å². The zero-order valence-corrected chi connectivity index (χ0v) is 12.7. The first kappa shape index (κ1) is 16.0. The largest absolute Gasteiger partial charge is 0.314 e. The minimum absolute atomic E-state index is 0. The number of nitrogens with zero attached hydrogens (tertiary/aromatic N) is 1. The predicted octanol–water partition coefficient (Wildman–Crippen LogP) is 3.39. The van der Waals surface area contributed by atoms with Crippen LogP contribution < -0.4 is 5.32 Å². The van der Waals surface area contributed by atoms with E-state index in [-0.39, 0.29) is 24.3 Å². The maximum Gasteiger partial charge on any atom is 0.123 e. The van der Waals surface area contributed by atoms with Gasteiger partial charge in [0.15, 0.2) is 0 Å². The fourth-order valence-corrected chi connectivity index (χ4v) is 2.80. The molecule has 0 aromatic heterocycles. The molecule has 1 aliphatic rings. The summed E-state index contributed by atoms with van der Waals surface area (Å²) >= 11 is 0. The Hall–Kier alpha value is -1.42. The Labute approximate surface area is 131 Å². The van der Waals surface area contributed by atoms with Gasteiger partial charge in [0.1, 0.15) is 5.82 Å². The third-order valence-corrected chi connectivity index (χ3v) is 3.82. The summed E-state index contributed by atoms with van der Waals surface area (Å²) in [6.07, 6.45) is 0. The van der Waals surface area contributed by atoms with Gasteiger partial charge in [0, 0.05) is 32.2 Å². The van der Waals surface area contributed by atoms with Crippen molar-refractivity contribution in [1.29, 1.82) is 0 Å². The Morgan fingerprint density at radius 1 is 1.10 bits per heavy atom. The van der Waals surface area contributed by atoms with E-state index in [9.17, 15) is 4.39 Å². The van der Waals surface area contributed by atoms with Gasteiger partial charge in [-0.25, -0.2) is 4.39 Å². The predicted molar refractivity (Wildman–Crippen MR) is 86.1 cm³/mol. The average Bonchev–Trinajstić information content (AvgIpc) is 2.49. The summed E-state index contributed by atoms with van der Waals surface area (Å²) in [5, 5.41) is 3.40. The van der Waals surface area contributed by atoms with Crippen molar-refractivity contribution in [3.05, 3.63) is 71.5 Å². The highest BCUT2D eigenvalue weighted by Crippen LogP contribution is 2.24. The molecule has 0 aliphatic carbocycles. The number of hydrogen-bond acceptors (Lipinski definition) is 2. The Morgan fingerprint density at radius 3 is 2.67 bits per heavy atom. The summed E-state index contributed by atoms with van der Waals surface area (Å²) in [6.45, 7) is 3.74. The molecule has 0 saturated carbocycles. The molecule has 112 valence electrons. The average molecular weight is 307 g/mol. The van der Waals surface area contributed by atoms with Crippen LogP contribution in [0.4, 0.5) is 4.39 Å². The maximum atomic E-state index is 13.4. The number of halogens is 2. The molecular weight excluding hydrogens is 287 g/mol. The van der Waals surface area contributed by atoms with Gasteiger partial charge >= 0.3 is 0 Å². The van der Waals surface area contributed by atoms with Crippen LogP contribution >= 0.6 is 12.4 Å². The number of piperazine rings is 1. The Morgan fingerprint density at radius 2 is 1.90 bits per heavy atom. The molecule has 1 saturated heterocycles. The van der Waals surface area contributed by atoms with Crippen molar-refractivity contribution in [2.24, 2.45) is 0 Å². The van der Waals surface area contributed by atoms with E-state index in [1.165, 1.54) is 11.6 Å². The zero-order valence-electron chi connectivity index (χ0n) is 11.8. The van der Waals surface area contributed by atoms with E-state index in [1.54, 1.807) is 12.1 Å². The van der Waals surface area contributed by atoms with Gasteiger partial charge in [0.05, 0.1) is 0 Å². The lowest BCUT2D eigenvalue weighted by Crippen LogP contribution is -2.45. The number of rotatable bonds is 3. The minimum atomic E-state index is -0.160. The minimum Gasteiger partial charge on any atom is -0.314 e. The summed E-state index contributed by atoms with van der Waals surface area (Å²) in [5.74, 6) is -0.160. The van der Waals surface area contributed by atoms with Crippen LogP contribution in [0.3, 0.4) is 0 Å². The molecule has 2 aromatic carbocycles. The summed E-state index contributed by atoms with van der Waals surface area (Å²) < 4.78 is 13.4. The molecule has 0 spiro atoms. The van der Waals surface area contributed by atoms with Gasteiger partial charge in [-0.1, -0.05) is 42.5 Å². The number of nitrogens with one attached hydrogen (secondary N) is 1. The second-order valence-electron chi connectivity index (χ2n) is 5.23. The van der Waals surface area contributed by atoms with Gasteiger partial charge in [0.2, 0.25) is 0 Å². The van der Waals surface area contributed by atoms with E-state index in [0.29, 0.717) is 0 Å². The molecular formula is C17H20ClFN2. The highest BCUT2D eigenvalue weighted by molar-refractivity contribution is 5.85. The fourth-order valence-electron chi connectivity index (χ4n) is 2.80. The monoisotopic (exact) mass is 306 g/mol. The van der Waals surface area contributed by atoms with Crippen LogP contribution in [-0.4, -0.2) is 24.5 Å². The summed E-state index contributed by atoms with van der Waals surface area (Å²) in [4.78, 5) is 2.42. The molecule has 1 heterocycles. The molecule has 21 heavy (non-hydrogen) atoms. The van der Waals surface area contributed by atoms with Crippen LogP contribution in [0.1, 0.15) is 17.2 Å². The third-order valence-electron chi connectivity index (χ3n) is 3.82. The second kappa shape index (κ2) is 7.55. The van der Waals surface area contributed by atoms with Gasteiger partial charge < -0.3 is 5.32 Å². The van der Waals surface area contributed by atoms with Gasteiger partial charge in [-0.2, -0.15) is 0 Å². The Bertz CT molecular complexity index is 562. The van der Waals surface area contributed by atoms with Crippen LogP contribution in [-0.2, 0) is 6.54 Å². The molecule has 1 atom stereocenters. The van der Waals surface area contributed by atoms with Gasteiger partial charge in [0.25, 0.3) is 0 Å². The summed E-state index contributed by atoms with van der Waals surface area (Å²) in [7, 11) is 0. The van der Waals surface area contributed by atoms with Crippen molar-refractivity contribution < 1.29 is 4.39 Å². The normalized spacial score (nSPS) is 19.0. The van der Waals surface area contributed by atoms with E-state index in [4.69, 9.17) is 0 Å². The van der Waals surface area contributed by atoms with E-state index in [2.05, 4.69) is 34.5 Å². The lowest BCUT2D eigenvalue weighted by atomic mass is 10.0. The molecule has 1 aliphatic heterocycles. The van der Waals surface area contributed by atoms with Crippen LogP contribution in [0.2, 0.25) is 0 Å². The molecule has 2 nitrogen and oxygen atoms in total. The quantitative estimate of drug-likeness (QED) is 0.935. The van der Waals surface area contributed by atoms with Crippen LogP contribution in [0.25, 0.3) is 0 Å². The van der Waals surface area contributed by atoms with Crippen LogP contribution in [0.5, 0.6) is 0 Å². The molecule has 4 heteroatoms. The number of benzene rings is 2.